The van der Waals surface area contributed by atoms with Crippen molar-refractivity contribution in [3.63, 3.8) is 0 Å². The number of hydrogen-bond donors (Lipinski definition) is 0. The molecule has 1 aromatic carbocycles. The zero-order valence-electron chi connectivity index (χ0n) is 13.6. The summed E-state index contributed by atoms with van der Waals surface area (Å²) in [6.07, 6.45) is -3.58. The van der Waals surface area contributed by atoms with Gasteiger partial charge in [-0.3, -0.25) is 0 Å². The van der Waals surface area contributed by atoms with Gasteiger partial charge in [0.2, 0.25) is 0 Å². The molecule has 130 valence electrons. The van der Waals surface area contributed by atoms with E-state index in [4.69, 9.17) is 4.74 Å². The molecule has 0 atom stereocenters. The average Bonchev–Trinajstić information content (AvgIpc) is 2.99. The van der Waals surface area contributed by atoms with E-state index in [1.54, 1.807) is 13.8 Å². The Morgan fingerprint density at radius 3 is 2.42 bits per heavy atom. The molecule has 0 bridgehead atoms. The zero-order valence-corrected chi connectivity index (χ0v) is 13.6. The maximum Gasteiger partial charge on any atom is 0.434 e. The molecule has 1 aromatic heterocycles. The van der Waals surface area contributed by atoms with Gasteiger partial charge in [-0.1, -0.05) is 0 Å². The molecule has 2 aromatic rings. The van der Waals surface area contributed by atoms with Gasteiger partial charge in [-0.05, 0) is 32.0 Å². The normalized spacial score (nSPS) is 11.7. The van der Waals surface area contributed by atoms with Crippen LogP contribution in [0.1, 0.15) is 35.9 Å². The van der Waals surface area contributed by atoms with Crippen molar-refractivity contribution in [1.82, 2.24) is 9.55 Å². The Morgan fingerprint density at radius 1 is 1.25 bits per heavy atom. The third-order valence-electron chi connectivity index (χ3n) is 3.44. The van der Waals surface area contributed by atoms with E-state index in [0.717, 1.165) is 6.20 Å². The van der Waals surface area contributed by atoms with Gasteiger partial charge in [0, 0.05) is 12.2 Å². The molecule has 0 amide bonds. The van der Waals surface area contributed by atoms with E-state index < -0.39 is 17.8 Å². The van der Waals surface area contributed by atoms with Crippen molar-refractivity contribution < 1.29 is 27.4 Å². The largest absolute Gasteiger partial charge is 0.496 e. The molecule has 5 nitrogen and oxygen atoms in total. The first-order valence-electron chi connectivity index (χ1n) is 7.11. The summed E-state index contributed by atoms with van der Waals surface area (Å²) in [5.74, 6) is -0.215. The maximum atomic E-state index is 13.0. The third-order valence-corrected chi connectivity index (χ3v) is 3.44. The molecular formula is C16H17F3N2O3. The van der Waals surface area contributed by atoms with Crippen molar-refractivity contribution in [2.45, 2.75) is 26.1 Å². The van der Waals surface area contributed by atoms with E-state index in [-0.39, 0.29) is 23.2 Å². The second-order valence-corrected chi connectivity index (χ2v) is 5.36. The number of alkyl halides is 3. The predicted octanol–water partition coefficient (Wildman–Crippen LogP) is 3.95. The number of hydrogen-bond acceptors (Lipinski definition) is 4. The lowest BCUT2D eigenvalue weighted by Gasteiger charge is -2.14. The van der Waals surface area contributed by atoms with Gasteiger partial charge in [0.1, 0.15) is 11.6 Å². The van der Waals surface area contributed by atoms with Crippen LogP contribution < -0.4 is 4.74 Å². The highest BCUT2D eigenvalue weighted by Crippen LogP contribution is 2.36. The summed E-state index contributed by atoms with van der Waals surface area (Å²) < 4.78 is 50.2. The second kappa shape index (κ2) is 6.54. The van der Waals surface area contributed by atoms with Crippen LogP contribution in [0.5, 0.6) is 5.75 Å². The number of imidazole rings is 1. The minimum atomic E-state index is -4.55. The monoisotopic (exact) mass is 342 g/mol. The number of halogens is 3. The fourth-order valence-electron chi connectivity index (χ4n) is 2.24. The van der Waals surface area contributed by atoms with Crippen molar-refractivity contribution in [3.05, 3.63) is 35.7 Å². The van der Waals surface area contributed by atoms with Crippen molar-refractivity contribution in [1.29, 1.82) is 0 Å². The summed E-state index contributed by atoms with van der Waals surface area (Å²) in [4.78, 5) is 15.3. The van der Waals surface area contributed by atoms with Gasteiger partial charge in [-0.2, -0.15) is 13.2 Å². The number of aromatic nitrogens is 2. The van der Waals surface area contributed by atoms with E-state index in [1.807, 2.05) is 0 Å². The van der Waals surface area contributed by atoms with E-state index in [2.05, 4.69) is 9.72 Å². The minimum Gasteiger partial charge on any atom is -0.496 e. The highest BCUT2D eigenvalue weighted by molar-refractivity contribution is 5.91. The second-order valence-electron chi connectivity index (χ2n) is 5.36. The Bertz CT molecular complexity index is 752. The summed E-state index contributed by atoms with van der Waals surface area (Å²) in [5, 5.41) is 0. The molecule has 0 aliphatic heterocycles. The predicted molar refractivity (Wildman–Crippen MR) is 80.9 cm³/mol. The smallest absolute Gasteiger partial charge is 0.434 e. The van der Waals surface area contributed by atoms with Crippen molar-refractivity contribution in [2.75, 3.05) is 14.2 Å². The van der Waals surface area contributed by atoms with E-state index in [0.29, 0.717) is 5.56 Å². The Labute approximate surface area is 137 Å². The van der Waals surface area contributed by atoms with Gasteiger partial charge >= 0.3 is 12.1 Å². The lowest BCUT2D eigenvalue weighted by molar-refractivity contribution is -0.140. The SMILES string of the molecule is COC(=O)c1ccc(-c2nc(C(F)(F)F)cn2C(C)C)c(OC)c1. The minimum absolute atomic E-state index is 0.116. The van der Waals surface area contributed by atoms with Crippen LogP contribution in [0.3, 0.4) is 0 Å². The third kappa shape index (κ3) is 3.37. The molecule has 0 unspecified atom stereocenters. The first-order chi connectivity index (χ1) is 11.2. The van der Waals surface area contributed by atoms with Crippen LogP contribution in [0, 0.1) is 0 Å². The molecule has 0 fully saturated rings. The number of rotatable bonds is 4. The van der Waals surface area contributed by atoms with Crippen LogP contribution in [-0.2, 0) is 10.9 Å². The number of benzene rings is 1. The number of carbonyl (C=O) groups excluding carboxylic acids is 1. The van der Waals surface area contributed by atoms with E-state index >= 15 is 0 Å². The molecule has 0 spiro atoms. The Kier molecular flexibility index (Phi) is 4.86. The molecule has 0 aliphatic carbocycles. The van der Waals surface area contributed by atoms with E-state index in [9.17, 15) is 18.0 Å². The van der Waals surface area contributed by atoms with Crippen LogP contribution in [0.2, 0.25) is 0 Å². The zero-order chi connectivity index (χ0) is 18.1. The summed E-state index contributed by atoms with van der Waals surface area (Å²) in [6.45, 7) is 3.50. The van der Waals surface area contributed by atoms with Crippen molar-refractivity contribution in [3.8, 4) is 17.1 Å². The van der Waals surface area contributed by atoms with Crippen molar-refractivity contribution >= 4 is 5.97 Å². The van der Waals surface area contributed by atoms with Crippen LogP contribution in [0.25, 0.3) is 11.4 Å². The number of nitrogens with zero attached hydrogens (tertiary/aromatic N) is 2. The van der Waals surface area contributed by atoms with Crippen LogP contribution in [0.4, 0.5) is 13.2 Å². The molecule has 0 radical (unpaired) electrons. The molecule has 2 rings (SSSR count). The molecule has 0 saturated heterocycles. The standard InChI is InChI=1S/C16H17F3N2O3/c1-9(2)21-8-13(16(17,18)19)20-14(21)11-6-5-10(15(22)24-4)7-12(11)23-3/h5-9H,1-4H3. The fourth-order valence-corrected chi connectivity index (χ4v) is 2.24. The number of carbonyl (C=O) groups is 1. The number of ether oxygens (including phenoxy) is 2. The lowest BCUT2D eigenvalue weighted by atomic mass is 10.1. The van der Waals surface area contributed by atoms with E-state index in [1.165, 1.54) is 37.0 Å². The maximum absolute atomic E-state index is 13.0. The average molecular weight is 342 g/mol. The quantitative estimate of drug-likeness (QED) is 0.790. The summed E-state index contributed by atoms with van der Waals surface area (Å²) in [6, 6.07) is 4.12. The fraction of sp³-hybridized carbons (Fsp3) is 0.375. The number of esters is 1. The van der Waals surface area contributed by atoms with Crippen LogP contribution >= 0.6 is 0 Å². The summed E-state index contributed by atoms with van der Waals surface area (Å²) in [7, 11) is 2.61. The molecule has 0 aliphatic rings. The van der Waals surface area contributed by atoms with Gasteiger partial charge < -0.3 is 14.0 Å². The summed E-state index contributed by atoms with van der Waals surface area (Å²) >= 11 is 0. The molecule has 0 N–H and O–H groups in total. The first-order valence-corrected chi connectivity index (χ1v) is 7.11. The topological polar surface area (TPSA) is 53.3 Å². The number of methoxy groups -OCH3 is 2. The molecule has 8 heteroatoms. The molecule has 1 heterocycles. The van der Waals surface area contributed by atoms with Gasteiger partial charge in [0.05, 0.1) is 25.3 Å². The molecule has 24 heavy (non-hydrogen) atoms. The van der Waals surface area contributed by atoms with Gasteiger partial charge in [0.25, 0.3) is 0 Å². The molecular weight excluding hydrogens is 325 g/mol. The highest BCUT2D eigenvalue weighted by Gasteiger charge is 2.35. The Balaban J connectivity index is 2.63. The van der Waals surface area contributed by atoms with Crippen LogP contribution in [-0.4, -0.2) is 29.7 Å². The Morgan fingerprint density at radius 2 is 1.92 bits per heavy atom. The van der Waals surface area contributed by atoms with Gasteiger partial charge in [-0.15, -0.1) is 0 Å². The van der Waals surface area contributed by atoms with Crippen LogP contribution in [0.15, 0.2) is 24.4 Å². The highest BCUT2D eigenvalue weighted by atomic mass is 19.4. The van der Waals surface area contributed by atoms with Gasteiger partial charge in [-0.25, -0.2) is 9.78 Å². The first kappa shape index (κ1) is 17.8. The van der Waals surface area contributed by atoms with Crippen molar-refractivity contribution in [2.24, 2.45) is 0 Å². The van der Waals surface area contributed by atoms with Gasteiger partial charge in [0.15, 0.2) is 5.69 Å². The molecule has 0 saturated carbocycles. The summed E-state index contributed by atoms with van der Waals surface area (Å²) in [5.41, 5.74) is -0.392. The lowest BCUT2D eigenvalue weighted by Crippen LogP contribution is -2.05. The Hall–Kier alpha value is -2.51.